The molecule has 0 aromatic heterocycles. The fourth-order valence-electron chi connectivity index (χ4n) is 4.78. The summed E-state index contributed by atoms with van der Waals surface area (Å²) in [4.78, 5) is 26.8. The number of ether oxygens (including phenoxy) is 1. The van der Waals surface area contributed by atoms with Crippen LogP contribution in [0.4, 0.5) is 8.78 Å². The summed E-state index contributed by atoms with van der Waals surface area (Å²) in [7, 11) is 1.60. The average Bonchev–Trinajstić information content (AvgIpc) is 2.77. The highest BCUT2D eigenvalue weighted by atomic mass is 19.1. The quantitative estimate of drug-likeness (QED) is 0.596. The predicted molar refractivity (Wildman–Crippen MR) is 115 cm³/mol. The number of carbonyl (C=O) groups excluding carboxylic acids is 2. The van der Waals surface area contributed by atoms with Gasteiger partial charge in [0.2, 0.25) is 5.91 Å². The zero-order chi connectivity index (χ0) is 22.2. The topological polar surface area (TPSA) is 58.6 Å². The molecule has 2 aliphatic rings. The Labute approximate surface area is 183 Å². The van der Waals surface area contributed by atoms with Crippen molar-refractivity contribution in [3.63, 3.8) is 0 Å². The van der Waals surface area contributed by atoms with Crippen molar-refractivity contribution in [2.24, 2.45) is 11.8 Å². The Morgan fingerprint density at radius 2 is 1.81 bits per heavy atom. The van der Waals surface area contributed by atoms with Gasteiger partial charge in [-0.2, -0.15) is 0 Å². The summed E-state index contributed by atoms with van der Waals surface area (Å²) < 4.78 is 31.9. The van der Waals surface area contributed by atoms with Crippen LogP contribution in [0.25, 0.3) is 0 Å². The molecular formula is C24H34F2N2O3. The summed E-state index contributed by atoms with van der Waals surface area (Å²) in [5.74, 6) is -1.07. The molecule has 1 saturated carbocycles. The minimum Gasteiger partial charge on any atom is -0.384 e. The van der Waals surface area contributed by atoms with Crippen LogP contribution >= 0.6 is 0 Å². The number of hydrogen-bond donors (Lipinski definition) is 1. The lowest BCUT2D eigenvalue weighted by molar-refractivity contribution is -0.122. The molecule has 0 spiro atoms. The molecule has 0 bridgehead atoms. The molecule has 1 saturated heterocycles. The number of carbonyl (C=O) groups is 2. The van der Waals surface area contributed by atoms with Crippen LogP contribution in [0.1, 0.15) is 61.7 Å². The number of hydrogen-bond acceptors (Lipinski definition) is 4. The Morgan fingerprint density at radius 1 is 1.10 bits per heavy atom. The minimum atomic E-state index is -0.766. The van der Waals surface area contributed by atoms with Gasteiger partial charge < -0.3 is 15.0 Å². The van der Waals surface area contributed by atoms with E-state index in [1.807, 2.05) is 0 Å². The third kappa shape index (κ3) is 7.07. The summed E-state index contributed by atoms with van der Waals surface area (Å²) in [6.07, 6.45) is 7.32. The second-order valence-corrected chi connectivity index (χ2v) is 8.92. The first-order valence-corrected chi connectivity index (χ1v) is 11.5. The van der Waals surface area contributed by atoms with Gasteiger partial charge >= 0.3 is 0 Å². The first-order valence-electron chi connectivity index (χ1n) is 11.5. The molecule has 2 fully saturated rings. The lowest BCUT2D eigenvalue weighted by Crippen LogP contribution is -2.39. The molecule has 31 heavy (non-hydrogen) atoms. The molecule has 172 valence electrons. The minimum absolute atomic E-state index is 0.00548. The van der Waals surface area contributed by atoms with Crippen LogP contribution in [0.5, 0.6) is 0 Å². The Bertz CT molecular complexity index is 742. The van der Waals surface area contributed by atoms with Crippen molar-refractivity contribution in [3.05, 3.63) is 35.4 Å². The van der Waals surface area contributed by atoms with E-state index in [0.717, 1.165) is 76.7 Å². The van der Waals surface area contributed by atoms with Crippen molar-refractivity contribution < 1.29 is 23.1 Å². The van der Waals surface area contributed by atoms with Crippen molar-refractivity contribution in [3.8, 4) is 0 Å². The fraction of sp³-hybridized carbons (Fsp3) is 0.667. The molecule has 1 aromatic carbocycles. The first-order chi connectivity index (χ1) is 15.0. The summed E-state index contributed by atoms with van der Waals surface area (Å²) in [6, 6.07) is 3.47. The maximum atomic E-state index is 13.9. The molecule has 1 heterocycles. The number of benzene rings is 1. The number of Topliss-reactive ketones (excluding diaryl/α,β-unsaturated/α-hetero) is 1. The van der Waals surface area contributed by atoms with Gasteiger partial charge in [0, 0.05) is 31.6 Å². The SMILES string of the molecule is COCCC(=O)NC1CCC(CCN2CCC(C(=O)c3ccc(F)cc3F)CC2)CC1. The normalized spacial score (nSPS) is 22.9. The van der Waals surface area contributed by atoms with E-state index < -0.39 is 11.6 Å². The number of rotatable bonds is 9. The highest BCUT2D eigenvalue weighted by molar-refractivity contribution is 5.98. The van der Waals surface area contributed by atoms with E-state index in [0.29, 0.717) is 18.9 Å². The molecule has 1 amide bonds. The number of ketones is 1. The zero-order valence-electron chi connectivity index (χ0n) is 18.4. The van der Waals surface area contributed by atoms with Gasteiger partial charge in [-0.3, -0.25) is 9.59 Å². The lowest BCUT2D eigenvalue weighted by Gasteiger charge is -2.34. The van der Waals surface area contributed by atoms with Gasteiger partial charge in [-0.15, -0.1) is 0 Å². The number of halogens is 2. The van der Waals surface area contributed by atoms with Gasteiger partial charge in [0.25, 0.3) is 0 Å². The number of likely N-dealkylation sites (tertiary alicyclic amines) is 1. The Hall–Kier alpha value is -1.86. The second kappa shape index (κ2) is 11.7. The van der Waals surface area contributed by atoms with Crippen molar-refractivity contribution in [1.29, 1.82) is 0 Å². The van der Waals surface area contributed by atoms with E-state index in [9.17, 15) is 18.4 Å². The van der Waals surface area contributed by atoms with E-state index in [-0.39, 0.29) is 29.2 Å². The number of nitrogens with one attached hydrogen (secondary N) is 1. The molecule has 0 radical (unpaired) electrons. The number of amides is 1. The van der Waals surface area contributed by atoms with Crippen molar-refractivity contribution in [1.82, 2.24) is 10.2 Å². The van der Waals surface area contributed by atoms with E-state index in [4.69, 9.17) is 4.74 Å². The van der Waals surface area contributed by atoms with Crippen LogP contribution in [-0.2, 0) is 9.53 Å². The highest BCUT2D eigenvalue weighted by Gasteiger charge is 2.28. The third-order valence-corrected chi connectivity index (χ3v) is 6.75. The largest absolute Gasteiger partial charge is 0.384 e. The van der Waals surface area contributed by atoms with Crippen molar-refractivity contribution in [2.75, 3.05) is 33.4 Å². The molecule has 1 aliphatic heterocycles. The summed E-state index contributed by atoms with van der Waals surface area (Å²) in [6.45, 7) is 3.15. The van der Waals surface area contributed by atoms with E-state index in [2.05, 4.69) is 10.2 Å². The van der Waals surface area contributed by atoms with Crippen LogP contribution in [0.3, 0.4) is 0 Å². The molecule has 0 unspecified atom stereocenters. The first kappa shape index (κ1) is 23.8. The maximum absolute atomic E-state index is 13.9. The molecule has 3 rings (SSSR count). The highest BCUT2D eigenvalue weighted by Crippen LogP contribution is 2.29. The summed E-state index contributed by atoms with van der Waals surface area (Å²) in [5.41, 5.74) is 0.00548. The Kier molecular flexibility index (Phi) is 8.96. The lowest BCUT2D eigenvalue weighted by atomic mass is 9.83. The van der Waals surface area contributed by atoms with Crippen LogP contribution in [0.15, 0.2) is 18.2 Å². The van der Waals surface area contributed by atoms with Gasteiger partial charge in [-0.05, 0) is 82.6 Å². The van der Waals surface area contributed by atoms with E-state index in [1.54, 1.807) is 7.11 Å². The van der Waals surface area contributed by atoms with E-state index >= 15 is 0 Å². The number of methoxy groups -OCH3 is 1. The van der Waals surface area contributed by atoms with Crippen LogP contribution in [0.2, 0.25) is 0 Å². The molecule has 0 atom stereocenters. The molecular weight excluding hydrogens is 402 g/mol. The van der Waals surface area contributed by atoms with Crippen molar-refractivity contribution >= 4 is 11.7 Å². The van der Waals surface area contributed by atoms with Gasteiger partial charge in [-0.25, -0.2) is 8.78 Å². The zero-order valence-corrected chi connectivity index (χ0v) is 18.4. The number of piperidine rings is 1. The van der Waals surface area contributed by atoms with Crippen molar-refractivity contribution in [2.45, 2.75) is 57.4 Å². The smallest absolute Gasteiger partial charge is 0.222 e. The molecule has 1 aliphatic carbocycles. The number of nitrogens with zero attached hydrogens (tertiary/aromatic N) is 1. The second-order valence-electron chi connectivity index (χ2n) is 8.92. The molecule has 1 aromatic rings. The summed E-state index contributed by atoms with van der Waals surface area (Å²) in [5, 5.41) is 3.11. The van der Waals surface area contributed by atoms with Crippen LogP contribution in [0, 0.1) is 23.5 Å². The summed E-state index contributed by atoms with van der Waals surface area (Å²) >= 11 is 0. The average molecular weight is 437 g/mol. The molecule has 1 N–H and O–H groups in total. The molecule has 7 heteroatoms. The predicted octanol–water partition coefficient (Wildman–Crippen LogP) is 3.96. The Balaban J connectivity index is 1.34. The standard InChI is InChI=1S/C24H34F2N2O3/c1-31-15-11-23(29)27-20-5-2-17(3-6-20)8-12-28-13-9-18(10-14-28)24(30)21-7-4-19(25)16-22(21)26/h4,7,16-18,20H,2-3,5-6,8-15H2,1H3,(H,27,29). The van der Waals surface area contributed by atoms with Gasteiger partial charge in [0.1, 0.15) is 11.6 Å². The third-order valence-electron chi connectivity index (χ3n) is 6.75. The Morgan fingerprint density at radius 3 is 2.45 bits per heavy atom. The van der Waals surface area contributed by atoms with Gasteiger partial charge in [0.05, 0.1) is 12.2 Å². The van der Waals surface area contributed by atoms with Gasteiger partial charge in [0.15, 0.2) is 5.78 Å². The van der Waals surface area contributed by atoms with E-state index in [1.165, 1.54) is 6.07 Å². The fourth-order valence-corrected chi connectivity index (χ4v) is 4.78. The maximum Gasteiger partial charge on any atom is 0.222 e. The molecule has 5 nitrogen and oxygen atoms in total. The van der Waals surface area contributed by atoms with Gasteiger partial charge in [-0.1, -0.05) is 0 Å². The van der Waals surface area contributed by atoms with Crippen LogP contribution in [-0.4, -0.2) is 56.0 Å². The van der Waals surface area contributed by atoms with Crippen LogP contribution < -0.4 is 5.32 Å². The monoisotopic (exact) mass is 436 g/mol.